The van der Waals surface area contributed by atoms with Crippen LogP contribution in [0.4, 0.5) is 8.78 Å². The Bertz CT molecular complexity index is 1520. The van der Waals surface area contributed by atoms with E-state index in [4.69, 9.17) is 9.47 Å². The number of fused-ring (bicyclic) bond motifs is 2. The second kappa shape index (κ2) is 8.55. The molecule has 3 aromatic heterocycles. The molecule has 0 aliphatic carbocycles. The quantitative estimate of drug-likeness (QED) is 0.361. The molecule has 0 spiro atoms. The summed E-state index contributed by atoms with van der Waals surface area (Å²) in [7, 11) is 1.55. The first-order chi connectivity index (χ1) is 16.0. The summed E-state index contributed by atoms with van der Waals surface area (Å²) in [5.74, 6) is 0.615. The highest BCUT2D eigenvalue weighted by Gasteiger charge is 2.18. The van der Waals surface area contributed by atoms with E-state index < -0.39 is 18.6 Å². The number of methoxy groups -OCH3 is 1. The Morgan fingerprint density at radius 3 is 2.61 bits per heavy atom. The van der Waals surface area contributed by atoms with Crippen molar-refractivity contribution >= 4 is 32.6 Å². The van der Waals surface area contributed by atoms with Crippen molar-refractivity contribution in [1.82, 2.24) is 19.7 Å². The molecule has 0 amide bonds. The van der Waals surface area contributed by atoms with Crippen molar-refractivity contribution in [3.8, 4) is 28.4 Å². The molecule has 0 N–H and O–H groups in total. The monoisotopic (exact) mass is 466 g/mol. The second-order valence-electron chi connectivity index (χ2n) is 7.04. The number of thiazole rings is 1. The van der Waals surface area contributed by atoms with Gasteiger partial charge in [-0.1, -0.05) is 12.1 Å². The van der Waals surface area contributed by atoms with Gasteiger partial charge in [0.1, 0.15) is 16.8 Å². The van der Waals surface area contributed by atoms with Gasteiger partial charge in [-0.2, -0.15) is 9.78 Å². The van der Waals surface area contributed by atoms with E-state index in [1.165, 1.54) is 22.1 Å². The molecule has 10 heteroatoms. The minimum absolute atomic E-state index is 0.0115. The normalized spacial score (nSPS) is 11.4. The third-order valence-electron chi connectivity index (χ3n) is 4.99. The van der Waals surface area contributed by atoms with Gasteiger partial charge < -0.3 is 9.47 Å². The molecule has 166 valence electrons. The highest BCUT2D eigenvalue weighted by molar-refractivity contribution is 7.16. The Morgan fingerprint density at radius 1 is 1.06 bits per heavy atom. The number of hydrogen-bond donors (Lipinski definition) is 0. The number of rotatable bonds is 6. The molecular formula is C23H16F2N4O3S. The van der Waals surface area contributed by atoms with Gasteiger partial charge in [0, 0.05) is 6.07 Å². The number of halogens is 2. The predicted octanol–water partition coefficient (Wildman–Crippen LogP) is 4.71. The second-order valence-corrected chi connectivity index (χ2v) is 7.93. The smallest absolute Gasteiger partial charge is 0.281 e. The Kier molecular flexibility index (Phi) is 5.43. The fraction of sp³-hybridized carbons (Fsp3) is 0.130. The van der Waals surface area contributed by atoms with Gasteiger partial charge in [0.15, 0.2) is 6.61 Å². The van der Waals surface area contributed by atoms with Gasteiger partial charge in [0.05, 0.1) is 34.1 Å². The minimum atomic E-state index is -2.64. The van der Waals surface area contributed by atoms with Crippen molar-refractivity contribution in [2.75, 3.05) is 13.7 Å². The van der Waals surface area contributed by atoms with Crippen LogP contribution in [0.15, 0.2) is 64.9 Å². The van der Waals surface area contributed by atoms with Gasteiger partial charge in [-0.05, 0) is 42.0 Å². The molecule has 0 bridgehead atoms. The van der Waals surface area contributed by atoms with Gasteiger partial charge in [0.25, 0.3) is 12.0 Å². The van der Waals surface area contributed by atoms with Crippen LogP contribution in [0.1, 0.15) is 0 Å². The average molecular weight is 466 g/mol. The maximum Gasteiger partial charge on any atom is 0.281 e. The third-order valence-corrected chi connectivity index (χ3v) is 5.79. The molecule has 33 heavy (non-hydrogen) atoms. The molecule has 0 aliphatic heterocycles. The number of alkyl halides is 2. The standard InChI is InChI=1S/C23H16F2N4O3S/c1-31-15-5-2-13(3-6-15)21-22-17(8-9-20(27-22)32-11-19(24)25)28-29(23(21)30)14-4-7-16-18(10-14)33-12-26-16/h2-10,12,19H,11H2,1H3. The van der Waals surface area contributed by atoms with Crippen LogP contribution in [0.5, 0.6) is 11.6 Å². The van der Waals surface area contributed by atoms with E-state index in [1.54, 1.807) is 49.0 Å². The number of ether oxygens (including phenoxy) is 2. The Labute approximate surface area is 189 Å². The van der Waals surface area contributed by atoms with Crippen LogP contribution in [0.3, 0.4) is 0 Å². The van der Waals surface area contributed by atoms with E-state index in [-0.39, 0.29) is 17.0 Å². The van der Waals surface area contributed by atoms with Crippen LogP contribution in [0.25, 0.3) is 38.1 Å². The van der Waals surface area contributed by atoms with Gasteiger partial charge in [-0.25, -0.2) is 18.7 Å². The summed E-state index contributed by atoms with van der Waals surface area (Å²) >= 11 is 1.46. The zero-order chi connectivity index (χ0) is 22.9. The SMILES string of the molecule is COc1ccc(-c2c(=O)n(-c3ccc4ncsc4c3)nc3ccc(OCC(F)F)nc23)cc1. The average Bonchev–Trinajstić information content (AvgIpc) is 3.30. The lowest BCUT2D eigenvalue weighted by molar-refractivity contribution is 0.0798. The summed E-state index contributed by atoms with van der Waals surface area (Å²) < 4.78 is 37.7. The van der Waals surface area contributed by atoms with E-state index in [9.17, 15) is 13.6 Å². The topological polar surface area (TPSA) is 79.1 Å². The summed E-state index contributed by atoms with van der Waals surface area (Å²) in [5, 5.41) is 4.49. The number of hydrogen-bond acceptors (Lipinski definition) is 7. The van der Waals surface area contributed by atoms with Crippen molar-refractivity contribution < 1.29 is 18.3 Å². The summed E-state index contributed by atoms with van der Waals surface area (Å²) in [4.78, 5) is 22.2. The number of aromatic nitrogens is 4. The van der Waals surface area contributed by atoms with Crippen LogP contribution < -0.4 is 15.0 Å². The molecule has 0 fully saturated rings. The first kappa shape index (κ1) is 21.0. The van der Waals surface area contributed by atoms with Gasteiger partial charge in [-0.15, -0.1) is 11.3 Å². The lowest BCUT2D eigenvalue weighted by atomic mass is 10.1. The maximum atomic E-state index is 13.6. The van der Waals surface area contributed by atoms with Gasteiger partial charge >= 0.3 is 0 Å². The Hall–Kier alpha value is -3.92. The van der Waals surface area contributed by atoms with Crippen molar-refractivity contribution in [3.05, 3.63) is 70.5 Å². The fourth-order valence-corrected chi connectivity index (χ4v) is 4.17. The number of pyridine rings is 1. The molecule has 7 nitrogen and oxygen atoms in total. The van der Waals surface area contributed by atoms with E-state index >= 15 is 0 Å². The molecule has 5 rings (SSSR count). The first-order valence-corrected chi connectivity index (χ1v) is 10.7. The van der Waals surface area contributed by atoms with E-state index in [2.05, 4.69) is 15.1 Å². The third kappa shape index (κ3) is 4.00. The van der Waals surface area contributed by atoms with Crippen molar-refractivity contribution in [1.29, 1.82) is 0 Å². The van der Waals surface area contributed by atoms with Crippen LogP contribution >= 0.6 is 11.3 Å². The number of benzene rings is 2. The zero-order valence-electron chi connectivity index (χ0n) is 17.2. The largest absolute Gasteiger partial charge is 0.497 e. The maximum absolute atomic E-state index is 13.6. The van der Waals surface area contributed by atoms with Crippen molar-refractivity contribution in [2.45, 2.75) is 6.43 Å². The highest BCUT2D eigenvalue weighted by Crippen LogP contribution is 2.28. The molecule has 0 aliphatic rings. The Morgan fingerprint density at radius 2 is 1.85 bits per heavy atom. The molecule has 0 atom stereocenters. The van der Waals surface area contributed by atoms with E-state index in [1.807, 2.05) is 12.1 Å². The summed E-state index contributed by atoms with van der Waals surface area (Å²) in [5.41, 5.74) is 4.26. The zero-order valence-corrected chi connectivity index (χ0v) is 18.1. The van der Waals surface area contributed by atoms with Crippen molar-refractivity contribution in [3.63, 3.8) is 0 Å². The fourth-order valence-electron chi connectivity index (χ4n) is 3.46. The molecule has 0 saturated carbocycles. The highest BCUT2D eigenvalue weighted by atomic mass is 32.1. The number of nitrogens with zero attached hydrogens (tertiary/aromatic N) is 4. The molecular weight excluding hydrogens is 450 g/mol. The predicted molar refractivity (Wildman–Crippen MR) is 122 cm³/mol. The lowest BCUT2D eigenvalue weighted by Gasteiger charge is -2.12. The lowest BCUT2D eigenvalue weighted by Crippen LogP contribution is -2.23. The van der Waals surface area contributed by atoms with Crippen LogP contribution in [-0.4, -0.2) is 39.9 Å². The van der Waals surface area contributed by atoms with Crippen LogP contribution in [0, 0.1) is 0 Å². The molecule has 2 aromatic carbocycles. The molecule has 0 unspecified atom stereocenters. The van der Waals surface area contributed by atoms with Crippen LogP contribution in [-0.2, 0) is 0 Å². The molecule has 0 saturated heterocycles. The molecule has 5 aromatic rings. The van der Waals surface area contributed by atoms with Gasteiger partial charge in [0.2, 0.25) is 5.88 Å². The Balaban J connectivity index is 1.74. The first-order valence-electron chi connectivity index (χ1n) is 9.86. The molecule has 3 heterocycles. The summed E-state index contributed by atoms with van der Waals surface area (Å²) in [6.45, 7) is -0.796. The van der Waals surface area contributed by atoms with Gasteiger partial charge in [-0.3, -0.25) is 4.79 Å². The molecule has 0 radical (unpaired) electrons. The summed E-state index contributed by atoms with van der Waals surface area (Å²) in [6.07, 6.45) is -2.64. The van der Waals surface area contributed by atoms with Crippen molar-refractivity contribution in [2.24, 2.45) is 0 Å². The minimum Gasteiger partial charge on any atom is -0.497 e. The van der Waals surface area contributed by atoms with E-state index in [0.29, 0.717) is 22.5 Å². The van der Waals surface area contributed by atoms with E-state index in [0.717, 1.165) is 10.2 Å². The van der Waals surface area contributed by atoms with Crippen LogP contribution in [0.2, 0.25) is 0 Å². The summed E-state index contributed by atoms with van der Waals surface area (Å²) in [6, 6.07) is 15.4.